The minimum Gasteiger partial charge on any atom is -0.497 e. The maximum Gasteiger partial charge on any atom is 0.262 e. The number of rotatable bonds is 5. The van der Waals surface area contributed by atoms with E-state index in [-0.39, 0.29) is 0 Å². The van der Waals surface area contributed by atoms with Crippen LogP contribution in [-0.2, 0) is 0 Å². The van der Waals surface area contributed by atoms with E-state index in [1.54, 1.807) is 18.4 Å². The van der Waals surface area contributed by atoms with Crippen LogP contribution >= 0.6 is 11.3 Å². The van der Waals surface area contributed by atoms with Gasteiger partial charge in [-0.15, -0.1) is 11.3 Å². The first kappa shape index (κ1) is 17.4. The predicted molar refractivity (Wildman–Crippen MR) is 112 cm³/mol. The lowest BCUT2D eigenvalue weighted by Crippen LogP contribution is -1.93. The van der Waals surface area contributed by atoms with Gasteiger partial charge in [-0.2, -0.15) is 10.1 Å². The number of hydrogen-bond donors (Lipinski definition) is 0. The number of nitrogens with zero attached hydrogens (tertiary/aromatic N) is 4. The molecular weight excluding hydrogens is 384 g/mol. The zero-order valence-electron chi connectivity index (χ0n) is 15.5. The highest BCUT2D eigenvalue weighted by atomic mass is 32.1. The van der Waals surface area contributed by atoms with E-state index in [2.05, 4.69) is 10.1 Å². The van der Waals surface area contributed by atoms with Crippen LogP contribution < -0.4 is 4.74 Å². The Morgan fingerprint density at radius 2 is 1.79 bits per heavy atom. The summed E-state index contributed by atoms with van der Waals surface area (Å²) in [5, 5.41) is 11.0. The summed E-state index contributed by atoms with van der Waals surface area (Å²) < 4.78 is 12.7. The molecule has 0 N–H and O–H groups in total. The molecule has 0 unspecified atom stereocenters. The van der Waals surface area contributed by atoms with Gasteiger partial charge in [0.1, 0.15) is 11.4 Å². The molecule has 0 saturated carbocycles. The first-order valence-electron chi connectivity index (χ1n) is 8.99. The monoisotopic (exact) mass is 400 g/mol. The highest BCUT2D eigenvalue weighted by molar-refractivity contribution is 7.13. The van der Waals surface area contributed by atoms with Crippen molar-refractivity contribution in [3.05, 3.63) is 78.3 Å². The lowest BCUT2D eigenvalue weighted by molar-refractivity contribution is 0.415. The van der Waals surface area contributed by atoms with Crippen molar-refractivity contribution in [3.8, 4) is 44.9 Å². The first-order chi connectivity index (χ1) is 14.3. The third kappa shape index (κ3) is 3.32. The quantitative estimate of drug-likeness (QED) is 0.399. The van der Waals surface area contributed by atoms with Crippen LogP contribution in [-0.4, -0.2) is 27.0 Å². The summed E-state index contributed by atoms with van der Waals surface area (Å²) in [6, 6.07) is 21.5. The Balaban J connectivity index is 1.58. The summed E-state index contributed by atoms with van der Waals surface area (Å²) >= 11 is 1.62. The molecule has 5 aromatic rings. The molecule has 0 fully saturated rings. The van der Waals surface area contributed by atoms with Gasteiger partial charge in [0.25, 0.3) is 5.89 Å². The fourth-order valence-electron chi connectivity index (χ4n) is 3.03. The molecular formula is C22H16N4O2S. The highest BCUT2D eigenvalue weighted by Crippen LogP contribution is 2.34. The van der Waals surface area contributed by atoms with E-state index in [1.807, 2.05) is 83.0 Å². The molecule has 3 heterocycles. The van der Waals surface area contributed by atoms with Crippen molar-refractivity contribution < 1.29 is 9.26 Å². The predicted octanol–water partition coefficient (Wildman–Crippen LogP) is 5.33. The molecule has 0 aliphatic rings. The number of aromatic nitrogens is 4. The van der Waals surface area contributed by atoms with E-state index >= 15 is 0 Å². The molecule has 0 aliphatic heterocycles. The van der Waals surface area contributed by atoms with E-state index in [4.69, 9.17) is 14.4 Å². The van der Waals surface area contributed by atoms with Crippen molar-refractivity contribution in [2.75, 3.05) is 7.11 Å². The van der Waals surface area contributed by atoms with Crippen LogP contribution in [0.3, 0.4) is 0 Å². The Hall–Kier alpha value is -3.71. The highest BCUT2D eigenvalue weighted by Gasteiger charge is 2.20. The van der Waals surface area contributed by atoms with Crippen LogP contribution in [0.2, 0.25) is 0 Å². The molecule has 7 heteroatoms. The minimum atomic E-state index is 0.432. The van der Waals surface area contributed by atoms with Gasteiger partial charge in [-0.3, -0.25) is 0 Å². The van der Waals surface area contributed by atoms with Gasteiger partial charge < -0.3 is 9.26 Å². The summed E-state index contributed by atoms with van der Waals surface area (Å²) in [5.74, 6) is 1.73. The molecule has 3 aromatic heterocycles. The number of methoxy groups -OCH3 is 1. The fraction of sp³-hybridized carbons (Fsp3) is 0.0455. The zero-order chi connectivity index (χ0) is 19.6. The van der Waals surface area contributed by atoms with Gasteiger partial charge in [-0.25, -0.2) is 4.68 Å². The van der Waals surface area contributed by atoms with Gasteiger partial charge in [-0.05, 0) is 47.8 Å². The largest absolute Gasteiger partial charge is 0.497 e. The SMILES string of the molecule is COc1ccc(-c2noc(-c3cn(-c4ccccc4)nc3-c3cccs3)n2)cc1. The molecule has 0 spiro atoms. The van der Waals surface area contributed by atoms with E-state index < -0.39 is 0 Å². The second-order valence-corrected chi connectivity index (χ2v) is 7.25. The van der Waals surface area contributed by atoms with E-state index in [0.29, 0.717) is 11.7 Å². The standard InChI is InChI=1S/C22H16N4O2S/c1-27-17-11-9-15(10-12-17)21-23-22(28-25-21)18-14-26(16-6-3-2-4-7-16)24-20(18)19-8-5-13-29-19/h2-14H,1H3. The fourth-order valence-corrected chi connectivity index (χ4v) is 3.75. The van der Waals surface area contributed by atoms with Crippen LogP contribution in [0.15, 0.2) is 82.8 Å². The zero-order valence-corrected chi connectivity index (χ0v) is 16.3. The van der Waals surface area contributed by atoms with Crippen molar-refractivity contribution in [2.24, 2.45) is 0 Å². The molecule has 0 radical (unpaired) electrons. The third-order valence-electron chi connectivity index (χ3n) is 4.49. The van der Waals surface area contributed by atoms with E-state index in [1.165, 1.54) is 0 Å². The maximum absolute atomic E-state index is 5.61. The average molecular weight is 400 g/mol. The van der Waals surface area contributed by atoms with E-state index in [0.717, 1.165) is 33.1 Å². The summed E-state index contributed by atoms with van der Waals surface area (Å²) in [7, 11) is 1.64. The van der Waals surface area contributed by atoms with Crippen LogP contribution in [0.5, 0.6) is 5.75 Å². The Kier molecular flexibility index (Phi) is 4.42. The summed E-state index contributed by atoms with van der Waals surface area (Å²) in [5.41, 5.74) is 3.43. The van der Waals surface area contributed by atoms with Gasteiger partial charge in [0.2, 0.25) is 5.82 Å². The van der Waals surface area contributed by atoms with Crippen molar-refractivity contribution in [2.45, 2.75) is 0 Å². The Bertz CT molecular complexity index is 1230. The second-order valence-electron chi connectivity index (χ2n) is 6.30. The van der Waals surface area contributed by atoms with Crippen molar-refractivity contribution in [1.82, 2.24) is 19.9 Å². The Morgan fingerprint density at radius 1 is 0.966 bits per heavy atom. The van der Waals surface area contributed by atoms with Crippen LogP contribution in [0.25, 0.3) is 39.1 Å². The summed E-state index contributed by atoms with van der Waals surface area (Å²) in [6.07, 6.45) is 1.93. The lowest BCUT2D eigenvalue weighted by atomic mass is 10.2. The number of thiophene rings is 1. The van der Waals surface area contributed by atoms with Crippen molar-refractivity contribution in [3.63, 3.8) is 0 Å². The number of benzene rings is 2. The number of hydrogen-bond acceptors (Lipinski definition) is 6. The average Bonchev–Trinajstić information content (AvgIpc) is 3.54. The van der Waals surface area contributed by atoms with Crippen molar-refractivity contribution in [1.29, 1.82) is 0 Å². The molecule has 5 rings (SSSR count). The van der Waals surface area contributed by atoms with Gasteiger partial charge in [-0.1, -0.05) is 29.4 Å². The summed E-state index contributed by atoms with van der Waals surface area (Å²) in [6.45, 7) is 0. The molecule has 142 valence electrons. The molecule has 6 nitrogen and oxygen atoms in total. The minimum absolute atomic E-state index is 0.432. The molecule has 0 atom stereocenters. The normalized spacial score (nSPS) is 10.9. The second kappa shape index (κ2) is 7.37. The molecule has 0 saturated heterocycles. The van der Waals surface area contributed by atoms with Gasteiger partial charge in [0, 0.05) is 11.8 Å². The maximum atomic E-state index is 5.61. The Morgan fingerprint density at radius 3 is 2.52 bits per heavy atom. The number of para-hydroxylation sites is 1. The summed E-state index contributed by atoms with van der Waals surface area (Å²) in [4.78, 5) is 5.66. The number of ether oxygens (including phenoxy) is 1. The van der Waals surface area contributed by atoms with Gasteiger partial charge >= 0.3 is 0 Å². The molecule has 0 bridgehead atoms. The molecule has 0 amide bonds. The smallest absolute Gasteiger partial charge is 0.262 e. The van der Waals surface area contributed by atoms with Crippen LogP contribution in [0.1, 0.15) is 0 Å². The molecule has 2 aromatic carbocycles. The van der Waals surface area contributed by atoms with Crippen molar-refractivity contribution >= 4 is 11.3 Å². The topological polar surface area (TPSA) is 66.0 Å². The van der Waals surface area contributed by atoms with E-state index in [9.17, 15) is 0 Å². The Labute approximate surface area is 171 Å². The molecule has 29 heavy (non-hydrogen) atoms. The van der Waals surface area contributed by atoms with Crippen LogP contribution in [0.4, 0.5) is 0 Å². The lowest BCUT2D eigenvalue weighted by Gasteiger charge is -1.98. The van der Waals surface area contributed by atoms with Gasteiger partial charge in [0.15, 0.2) is 0 Å². The first-order valence-corrected chi connectivity index (χ1v) is 9.87. The third-order valence-corrected chi connectivity index (χ3v) is 5.37. The van der Waals surface area contributed by atoms with Crippen LogP contribution in [0, 0.1) is 0 Å². The molecule has 0 aliphatic carbocycles. The van der Waals surface area contributed by atoms with Gasteiger partial charge in [0.05, 0.1) is 23.2 Å².